The number of benzene rings is 1. The van der Waals surface area contributed by atoms with E-state index >= 15 is 0 Å². The van der Waals surface area contributed by atoms with E-state index in [0.717, 1.165) is 22.4 Å². The van der Waals surface area contributed by atoms with Gasteiger partial charge in [0, 0.05) is 0 Å². The molecule has 0 fully saturated rings. The molecule has 0 amide bonds. The van der Waals surface area contributed by atoms with Crippen LogP contribution in [0.3, 0.4) is 0 Å². The number of ether oxygens (including phenoxy) is 1. The lowest BCUT2D eigenvalue weighted by atomic mass is 10.0. The summed E-state index contributed by atoms with van der Waals surface area (Å²) in [6, 6.07) is 3.93. The van der Waals surface area contributed by atoms with Crippen LogP contribution in [0.4, 0.5) is 0 Å². The Labute approximate surface area is 91.3 Å². The summed E-state index contributed by atoms with van der Waals surface area (Å²) in [4.78, 5) is 1.77. The van der Waals surface area contributed by atoms with Gasteiger partial charge in [-0.15, -0.1) is 0 Å². The summed E-state index contributed by atoms with van der Waals surface area (Å²) in [7, 11) is 5.36. The molecule has 15 heavy (non-hydrogen) atoms. The second-order valence-electron chi connectivity index (χ2n) is 4.02. The van der Waals surface area contributed by atoms with Crippen LogP contribution in [0.5, 0.6) is 5.75 Å². The minimum atomic E-state index is -0.561. The largest absolute Gasteiger partial charge is 0.496 e. The molecule has 84 valence electrons. The van der Waals surface area contributed by atoms with Gasteiger partial charge in [0.1, 0.15) is 12.0 Å². The molecule has 1 N–H and O–H groups in total. The van der Waals surface area contributed by atoms with Gasteiger partial charge in [-0.05, 0) is 56.8 Å². The summed E-state index contributed by atoms with van der Waals surface area (Å²) in [5, 5.41) is 9.95. The number of hydrogen-bond donors (Lipinski definition) is 1. The Morgan fingerprint density at radius 2 is 1.80 bits per heavy atom. The second kappa shape index (κ2) is 4.64. The molecular formula is C12H19NO2. The molecular weight excluding hydrogens is 190 g/mol. The maximum atomic E-state index is 9.95. The van der Waals surface area contributed by atoms with Gasteiger partial charge in [-0.1, -0.05) is 0 Å². The average Bonchev–Trinajstić information content (AvgIpc) is 2.19. The zero-order chi connectivity index (χ0) is 11.6. The van der Waals surface area contributed by atoms with Gasteiger partial charge in [-0.25, -0.2) is 0 Å². The highest BCUT2D eigenvalue weighted by Gasteiger charge is 2.14. The number of methoxy groups -OCH3 is 1. The third kappa shape index (κ3) is 2.49. The molecule has 3 heteroatoms. The first-order valence-electron chi connectivity index (χ1n) is 4.97. The molecule has 0 aliphatic carbocycles. The number of aryl methyl sites for hydroxylation is 2. The number of aliphatic hydroxyl groups is 1. The van der Waals surface area contributed by atoms with Gasteiger partial charge in [0.15, 0.2) is 0 Å². The predicted octanol–water partition coefficient (Wildman–Crippen LogP) is 1.86. The molecule has 0 heterocycles. The third-order valence-corrected chi connectivity index (χ3v) is 2.55. The Balaban J connectivity index is 3.15. The summed E-state index contributed by atoms with van der Waals surface area (Å²) in [6.07, 6.45) is -0.561. The second-order valence-corrected chi connectivity index (χ2v) is 4.02. The van der Waals surface area contributed by atoms with E-state index in [1.54, 1.807) is 12.0 Å². The number of hydrogen-bond acceptors (Lipinski definition) is 3. The number of rotatable bonds is 3. The molecule has 1 unspecified atom stereocenters. The molecule has 0 aliphatic rings. The van der Waals surface area contributed by atoms with Crippen LogP contribution in [-0.2, 0) is 0 Å². The van der Waals surface area contributed by atoms with E-state index in [4.69, 9.17) is 4.74 Å². The van der Waals surface area contributed by atoms with Crippen molar-refractivity contribution in [1.82, 2.24) is 4.90 Å². The molecule has 0 radical (unpaired) electrons. The fraction of sp³-hybridized carbons (Fsp3) is 0.500. The Kier molecular flexibility index (Phi) is 3.72. The summed E-state index contributed by atoms with van der Waals surface area (Å²) in [6.45, 7) is 3.95. The Bertz CT molecular complexity index is 348. The van der Waals surface area contributed by atoms with Crippen LogP contribution in [0.25, 0.3) is 0 Å². The Morgan fingerprint density at radius 3 is 2.27 bits per heavy atom. The summed E-state index contributed by atoms with van der Waals surface area (Å²) < 4.78 is 5.23. The van der Waals surface area contributed by atoms with Crippen molar-refractivity contribution in [3.63, 3.8) is 0 Å². The average molecular weight is 209 g/mol. The molecule has 0 aliphatic heterocycles. The molecule has 1 atom stereocenters. The highest BCUT2D eigenvalue weighted by atomic mass is 16.5. The molecule has 3 nitrogen and oxygen atoms in total. The normalized spacial score (nSPS) is 13.0. The Hall–Kier alpha value is -1.06. The van der Waals surface area contributed by atoms with Gasteiger partial charge in [0.2, 0.25) is 0 Å². The van der Waals surface area contributed by atoms with Crippen LogP contribution in [0.15, 0.2) is 12.1 Å². The SMILES string of the molecule is COc1cc(C)c(C(O)N(C)C)cc1C. The van der Waals surface area contributed by atoms with Gasteiger partial charge in [-0.3, -0.25) is 4.90 Å². The smallest absolute Gasteiger partial charge is 0.133 e. The van der Waals surface area contributed by atoms with E-state index in [0.29, 0.717) is 0 Å². The molecule has 1 rings (SSSR count). The van der Waals surface area contributed by atoms with E-state index in [1.807, 2.05) is 40.1 Å². The minimum Gasteiger partial charge on any atom is -0.496 e. The molecule has 0 aromatic heterocycles. The Morgan fingerprint density at radius 1 is 1.20 bits per heavy atom. The van der Waals surface area contributed by atoms with E-state index in [-0.39, 0.29) is 0 Å². The highest BCUT2D eigenvalue weighted by molar-refractivity contribution is 5.42. The predicted molar refractivity (Wildman–Crippen MR) is 61.1 cm³/mol. The van der Waals surface area contributed by atoms with Crippen molar-refractivity contribution in [2.75, 3.05) is 21.2 Å². The topological polar surface area (TPSA) is 32.7 Å². The lowest BCUT2D eigenvalue weighted by Crippen LogP contribution is -2.20. The van der Waals surface area contributed by atoms with Crippen LogP contribution in [0.1, 0.15) is 22.9 Å². The van der Waals surface area contributed by atoms with Crippen molar-refractivity contribution in [2.24, 2.45) is 0 Å². The molecule has 1 aromatic rings. The number of aliphatic hydroxyl groups excluding tert-OH is 1. The number of nitrogens with zero attached hydrogens (tertiary/aromatic N) is 1. The molecule has 0 spiro atoms. The van der Waals surface area contributed by atoms with Crippen LogP contribution in [0, 0.1) is 13.8 Å². The van der Waals surface area contributed by atoms with Crippen molar-refractivity contribution < 1.29 is 9.84 Å². The minimum absolute atomic E-state index is 0.561. The zero-order valence-electron chi connectivity index (χ0n) is 10.0. The fourth-order valence-electron chi connectivity index (χ4n) is 1.59. The van der Waals surface area contributed by atoms with Crippen molar-refractivity contribution in [1.29, 1.82) is 0 Å². The van der Waals surface area contributed by atoms with Crippen LogP contribution < -0.4 is 4.74 Å². The zero-order valence-corrected chi connectivity index (χ0v) is 10.0. The van der Waals surface area contributed by atoms with Gasteiger partial charge in [0.05, 0.1) is 7.11 Å². The highest BCUT2D eigenvalue weighted by Crippen LogP contribution is 2.27. The van der Waals surface area contributed by atoms with E-state index in [1.165, 1.54) is 0 Å². The van der Waals surface area contributed by atoms with Gasteiger partial charge >= 0.3 is 0 Å². The lowest BCUT2D eigenvalue weighted by Gasteiger charge is -2.21. The van der Waals surface area contributed by atoms with Crippen molar-refractivity contribution >= 4 is 0 Å². The van der Waals surface area contributed by atoms with Crippen LogP contribution >= 0.6 is 0 Å². The van der Waals surface area contributed by atoms with Crippen LogP contribution in [0.2, 0.25) is 0 Å². The molecule has 1 aromatic carbocycles. The first kappa shape index (κ1) is 12.0. The summed E-state index contributed by atoms with van der Waals surface area (Å²) in [5.74, 6) is 0.863. The monoisotopic (exact) mass is 209 g/mol. The van der Waals surface area contributed by atoms with E-state index < -0.39 is 6.23 Å². The van der Waals surface area contributed by atoms with Crippen molar-refractivity contribution in [3.8, 4) is 5.75 Å². The van der Waals surface area contributed by atoms with Crippen molar-refractivity contribution in [3.05, 3.63) is 28.8 Å². The standard InChI is InChI=1S/C12H19NO2/c1-8-7-11(15-5)9(2)6-10(8)12(14)13(3)4/h6-7,12,14H,1-5H3. The third-order valence-electron chi connectivity index (χ3n) is 2.55. The van der Waals surface area contributed by atoms with Crippen molar-refractivity contribution in [2.45, 2.75) is 20.1 Å². The van der Waals surface area contributed by atoms with E-state index in [2.05, 4.69) is 0 Å². The maximum Gasteiger partial charge on any atom is 0.133 e. The van der Waals surface area contributed by atoms with E-state index in [9.17, 15) is 5.11 Å². The first-order chi connectivity index (χ1) is 6.97. The quantitative estimate of drug-likeness (QED) is 0.771. The van der Waals surface area contributed by atoms with Gasteiger partial charge in [-0.2, -0.15) is 0 Å². The maximum absolute atomic E-state index is 9.95. The molecule has 0 bridgehead atoms. The lowest BCUT2D eigenvalue weighted by molar-refractivity contribution is 0.0389. The molecule has 0 saturated carbocycles. The first-order valence-corrected chi connectivity index (χ1v) is 4.97. The summed E-state index contributed by atoms with van der Waals surface area (Å²) in [5.41, 5.74) is 3.01. The fourth-order valence-corrected chi connectivity index (χ4v) is 1.59. The van der Waals surface area contributed by atoms with Crippen LogP contribution in [-0.4, -0.2) is 31.2 Å². The van der Waals surface area contributed by atoms with Gasteiger partial charge in [0.25, 0.3) is 0 Å². The molecule has 0 saturated heterocycles. The summed E-state index contributed by atoms with van der Waals surface area (Å²) >= 11 is 0. The van der Waals surface area contributed by atoms with Gasteiger partial charge < -0.3 is 9.84 Å².